The molecule has 1 N–H and O–H groups in total. The Bertz CT molecular complexity index is 992. The van der Waals surface area contributed by atoms with Gasteiger partial charge in [0.15, 0.2) is 0 Å². The maximum absolute atomic E-state index is 12.3. The molecule has 1 atom stereocenters. The Morgan fingerprint density at radius 3 is 2.86 bits per heavy atom. The minimum atomic E-state index is -0.279. The lowest BCUT2D eigenvalue weighted by Gasteiger charge is -2.22. The SMILES string of the molecule is COC(=O)CCn1cc([C@H]2CC(=O)Nc3c2cnn3Cc2ccccc2)cn1. The van der Waals surface area contributed by atoms with Gasteiger partial charge in [0.05, 0.1) is 39.0 Å². The summed E-state index contributed by atoms with van der Waals surface area (Å²) >= 11 is 0. The number of nitrogens with one attached hydrogen (secondary N) is 1. The second-order valence-corrected chi connectivity index (χ2v) is 6.76. The van der Waals surface area contributed by atoms with Crippen LogP contribution in [-0.4, -0.2) is 38.5 Å². The van der Waals surface area contributed by atoms with Crippen LogP contribution >= 0.6 is 0 Å². The average molecular weight is 379 g/mol. The number of aromatic nitrogens is 4. The molecule has 1 amide bonds. The van der Waals surface area contributed by atoms with E-state index < -0.39 is 0 Å². The number of carbonyl (C=O) groups excluding carboxylic acids is 2. The van der Waals surface area contributed by atoms with Gasteiger partial charge in [0.25, 0.3) is 0 Å². The van der Waals surface area contributed by atoms with Gasteiger partial charge < -0.3 is 10.1 Å². The molecule has 3 heterocycles. The largest absolute Gasteiger partial charge is 0.469 e. The predicted molar refractivity (Wildman–Crippen MR) is 102 cm³/mol. The van der Waals surface area contributed by atoms with E-state index in [4.69, 9.17) is 0 Å². The van der Waals surface area contributed by atoms with E-state index in [0.29, 0.717) is 19.5 Å². The topological polar surface area (TPSA) is 91.0 Å². The molecule has 28 heavy (non-hydrogen) atoms. The Hall–Kier alpha value is -3.42. The van der Waals surface area contributed by atoms with Crippen LogP contribution in [0.1, 0.15) is 35.4 Å². The molecule has 2 aromatic heterocycles. The van der Waals surface area contributed by atoms with Crippen LogP contribution in [0, 0.1) is 0 Å². The highest BCUT2D eigenvalue weighted by atomic mass is 16.5. The summed E-state index contributed by atoms with van der Waals surface area (Å²) < 4.78 is 8.18. The molecule has 1 aliphatic rings. The van der Waals surface area contributed by atoms with Crippen LogP contribution in [0.5, 0.6) is 0 Å². The molecule has 8 nitrogen and oxygen atoms in total. The summed E-state index contributed by atoms with van der Waals surface area (Å²) in [7, 11) is 1.37. The van der Waals surface area contributed by atoms with Crippen LogP contribution in [0.2, 0.25) is 0 Å². The number of aryl methyl sites for hydroxylation is 1. The minimum absolute atomic E-state index is 0.0466. The van der Waals surface area contributed by atoms with Gasteiger partial charge in [-0.15, -0.1) is 0 Å². The van der Waals surface area contributed by atoms with Gasteiger partial charge in [-0.25, -0.2) is 4.68 Å². The fourth-order valence-electron chi connectivity index (χ4n) is 3.43. The number of carbonyl (C=O) groups is 2. The summed E-state index contributed by atoms with van der Waals surface area (Å²) in [6.45, 7) is 1.02. The highest BCUT2D eigenvalue weighted by Crippen LogP contribution is 2.37. The van der Waals surface area contributed by atoms with Crippen molar-refractivity contribution in [2.45, 2.75) is 31.8 Å². The Morgan fingerprint density at radius 1 is 1.25 bits per heavy atom. The van der Waals surface area contributed by atoms with E-state index in [1.165, 1.54) is 7.11 Å². The summed E-state index contributed by atoms with van der Waals surface area (Å²) in [5.41, 5.74) is 3.02. The molecule has 0 saturated carbocycles. The zero-order chi connectivity index (χ0) is 19.5. The average Bonchev–Trinajstić information content (AvgIpc) is 3.34. The van der Waals surface area contributed by atoms with Gasteiger partial charge in [0.2, 0.25) is 5.91 Å². The Labute approximate surface area is 162 Å². The highest BCUT2D eigenvalue weighted by Gasteiger charge is 2.30. The van der Waals surface area contributed by atoms with Crippen molar-refractivity contribution in [2.24, 2.45) is 0 Å². The summed E-state index contributed by atoms with van der Waals surface area (Å²) in [6, 6.07) is 9.99. The number of nitrogens with zero attached hydrogens (tertiary/aromatic N) is 4. The van der Waals surface area contributed by atoms with Gasteiger partial charge in [-0.05, 0) is 11.1 Å². The molecular formula is C20H21N5O3. The van der Waals surface area contributed by atoms with E-state index in [1.807, 2.05) is 47.4 Å². The monoisotopic (exact) mass is 379 g/mol. The normalized spacial score (nSPS) is 15.8. The van der Waals surface area contributed by atoms with Gasteiger partial charge in [-0.2, -0.15) is 10.2 Å². The summed E-state index contributed by atoms with van der Waals surface area (Å²) in [5, 5.41) is 11.8. The van der Waals surface area contributed by atoms with Crippen LogP contribution in [-0.2, 0) is 27.4 Å². The third kappa shape index (κ3) is 3.66. The lowest BCUT2D eigenvalue weighted by atomic mass is 9.89. The number of anilines is 1. The van der Waals surface area contributed by atoms with Gasteiger partial charge in [-0.3, -0.25) is 14.3 Å². The van der Waals surface area contributed by atoms with E-state index in [1.54, 1.807) is 10.9 Å². The van der Waals surface area contributed by atoms with Crippen molar-refractivity contribution < 1.29 is 14.3 Å². The molecule has 1 aliphatic heterocycles. The molecule has 144 valence electrons. The first-order valence-electron chi connectivity index (χ1n) is 9.12. The number of amides is 1. The fourth-order valence-corrected chi connectivity index (χ4v) is 3.43. The van der Waals surface area contributed by atoms with E-state index in [9.17, 15) is 9.59 Å². The maximum atomic E-state index is 12.3. The van der Waals surface area contributed by atoms with Crippen LogP contribution in [0.25, 0.3) is 0 Å². The molecule has 0 bridgehead atoms. The first-order valence-corrected chi connectivity index (χ1v) is 9.12. The van der Waals surface area contributed by atoms with Crippen LogP contribution in [0.4, 0.5) is 5.82 Å². The number of esters is 1. The van der Waals surface area contributed by atoms with E-state index >= 15 is 0 Å². The van der Waals surface area contributed by atoms with E-state index in [-0.39, 0.29) is 24.2 Å². The number of hydrogen-bond acceptors (Lipinski definition) is 5. The van der Waals surface area contributed by atoms with E-state index in [2.05, 4.69) is 20.3 Å². The van der Waals surface area contributed by atoms with Gasteiger partial charge >= 0.3 is 5.97 Å². The third-order valence-electron chi connectivity index (χ3n) is 4.89. The first kappa shape index (κ1) is 18.0. The van der Waals surface area contributed by atoms with Crippen molar-refractivity contribution in [1.29, 1.82) is 0 Å². The Balaban J connectivity index is 1.57. The number of methoxy groups -OCH3 is 1. The second-order valence-electron chi connectivity index (χ2n) is 6.76. The summed E-state index contributed by atoms with van der Waals surface area (Å²) in [5.74, 6) is 0.292. The van der Waals surface area contributed by atoms with Crippen molar-refractivity contribution in [1.82, 2.24) is 19.6 Å². The van der Waals surface area contributed by atoms with Crippen LogP contribution in [0.3, 0.4) is 0 Å². The summed E-state index contributed by atoms with van der Waals surface area (Å²) in [4.78, 5) is 23.7. The van der Waals surface area contributed by atoms with Crippen LogP contribution < -0.4 is 5.32 Å². The number of hydrogen-bond donors (Lipinski definition) is 1. The van der Waals surface area contributed by atoms with Crippen molar-refractivity contribution in [3.05, 3.63) is 65.6 Å². The molecule has 0 saturated heterocycles. The van der Waals surface area contributed by atoms with Gasteiger partial charge in [0.1, 0.15) is 5.82 Å². The van der Waals surface area contributed by atoms with Gasteiger partial charge in [0, 0.05) is 24.1 Å². The number of ether oxygens (including phenoxy) is 1. The Morgan fingerprint density at radius 2 is 2.07 bits per heavy atom. The quantitative estimate of drug-likeness (QED) is 0.663. The minimum Gasteiger partial charge on any atom is -0.469 e. The molecule has 0 unspecified atom stereocenters. The lowest BCUT2D eigenvalue weighted by Crippen LogP contribution is -2.25. The first-order chi connectivity index (χ1) is 13.6. The molecule has 3 aromatic rings. The van der Waals surface area contributed by atoms with Gasteiger partial charge in [-0.1, -0.05) is 30.3 Å². The lowest BCUT2D eigenvalue weighted by molar-refractivity contribution is -0.140. The van der Waals surface area contributed by atoms with Crippen molar-refractivity contribution >= 4 is 17.7 Å². The fraction of sp³-hybridized carbons (Fsp3) is 0.300. The number of fused-ring (bicyclic) bond motifs is 1. The number of rotatable bonds is 6. The van der Waals surface area contributed by atoms with Crippen molar-refractivity contribution in [2.75, 3.05) is 12.4 Å². The molecule has 8 heteroatoms. The standard InChI is InChI=1S/C20H21N5O3/c1-28-19(27)7-8-24-13-15(10-21-24)16-9-18(26)23-20-17(16)11-22-25(20)12-14-5-3-2-4-6-14/h2-6,10-11,13,16H,7-9,12H2,1H3,(H,23,26)/t16-/m1/s1. The zero-order valence-electron chi connectivity index (χ0n) is 15.5. The molecule has 0 radical (unpaired) electrons. The highest BCUT2D eigenvalue weighted by molar-refractivity contribution is 5.94. The molecule has 4 rings (SSSR count). The van der Waals surface area contributed by atoms with Crippen molar-refractivity contribution in [3.8, 4) is 0 Å². The molecule has 0 spiro atoms. The van der Waals surface area contributed by atoms with Crippen molar-refractivity contribution in [3.63, 3.8) is 0 Å². The maximum Gasteiger partial charge on any atom is 0.307 e. The molecular weight excluding hydrogens is 358 g/mol. The Kier molecular flexibility index (Phi) is 4.92. The molecule has 0 aliphatic carbocycles. The second kappa shape index (κ2) is 7.67. The zero-order valence-corrected chi connectivity index (χ0v) is 15.5. The van der Waals surface area contributed by atoms with E-state index in [0.717, 1.165) is 22.5 Å². The third-order valence-corrected chi connectivity index (χ3v) is 4.89. The molecule has 1 aromatic carbocycles. The van der Waals surface area contributed by atoms with Crippen LogP contribution in [0.15, 0.2) is 48.9 Å². The number of benzene rings is 1. The summed E-state index contributed by atoms with van der Waals surface area (Å²) in [6.07, 6.45) is 6.04. The predicted octanol–water partition coefficient (Wildman–Crippen LogP) is 2.17. The molecule has 0 fully saturated rings. The smallest absolute Gasteiger partial charge is 0.307 e.